The van der Waals surface area contributed by atoms with Crippen LogP contribution in [0.15, 0.2) is 35.7 Å². The Morgan fingerprint density at radius 1 is 1.25 bits per heavy atom. The summed E-state index contributed by atoms with van der Waals surface area (Å²) in [6.07, 6.45) is 0.744. The van der Waals surface area contributed by atoms with Gasteiger partial charge in [-0.2, -0.15) is 0 Å². The van der Waals surface area contributed by atoms with Gasteiger partial charge in [-0.05, 0) is 30.5 Å². The van der Waals surface area contributed by atoms with Gasteiger partial charge in [0.25, 0.3) is 5.91 Å². The monoisotopic (exact) mass is 291 g/mol. The van der Waals surface area contributed by atoms with Crippen LogP contribution in [-0.2, 0) is 6.42 Å². The fourth-order valence-electron chi connectivity index (χ4n) is 1.98. The number of phenolic OH excluding ortho intramolecular Hbond substituents is 2. The zero-order valence-corrected chi connectivity index (χ0v) is 12.2. The van der Waals surface area contributed by atoms with Crippen LogP contribution >= 0.6 is 11.3 Å². The Labute approximate surface area is 121 Å². The first kappa shape index (κ1) is 14.4. The van der Waals surface area contributed by atoms with E-state index in [2.05, 4.69) is 0 Å². The average Bonchev–Trinajstić information content (AvgIpc) is 2.90. The van der Waals surface area contributed by atoms with Crippen LogP contribution in [0.5, 0.6) is 11.5 Å². The van der Waals surface area contributed by atoms with E-state index in [1.54, 1.807) is 18.4 Å². The van der Waals surface area contributed by atoms with Crippen LogP contribution in [0, 0.1) is 0 Å². The Morgan fingerprint density at radius 3 is 2.45 bits per heavy atom. The molecule has 106 valence electrons. The third-order valence-electron chi connectivity index (χ3n) is 3.29. The summed E-state index contributed by atoms with van der Waals surface area (Å²) in [6, 6.07) is 8.26. The lowest BCUT2D eigenvalue weighted by molar-refractivity contribution is 0.0737. The van der Waals surface area contributed by atoms with E-state index in [4.69, 9.17) is 0 Å². The van der Waals surface area contributed by atoms with Gasteiger partial charge in [-0.25, -0.2) is 0 Å². The zero-order chi connectivity index (χ0) is 14.7. The van der Waals surface area contributed by atoms with Crippen molar-refractivity contribution in [2.75, 3.05) is 7.05 Å². The lowest BCUT2D eigenvalue weighted by Gasteiger charge is -2.25. The van der Waals surface area contributed by atoms with Crippen molar-refractivity contribution in [2.45, 2.75) is 19.4 Å². The number of likely N-dealkylation sites (N-methyl/N-ethyl adjacent to an activating group) is 1. The SMILES string of the molecule is CC(Cc1cccs1)N(C)C(=O)c1c(O)cccc1O. The highest BCUT2D eigenvalue weighted by Crippen LogP contribution is 2.28. The molecule has 1 aromatic heterocycles. The first-order chi connectivity index (χ1) is 9.50. The Kier molecular flexibility index (Phi) is 4.29. The van der Waals surface area contributed by atoms with Gasteiger partial charge in [-0.3, -0.25) is 4.79 Å². The first-order valence-corrected chi connectivity index (χ1v) is 7.19. The van der Waals surface area contributed by atoms with Crippen molar-refractivity contribution in [1.29, 1.82) is 0 Å². The van der Waals surface area contributed by atoms with E-state index in [9.17, 15) is 15.0 Å². The van der Waals surface area contributed by atoms with Gasteiger partial charge in [0.1, 0.15) is 17.1 Å². The van der Waals surface area contributed by atoms with Crippen molar-refractivity contribution < 1.29 is 15.0 Å². The standard InChI is InChI=1S/C15H17NO3S/c1-10(9-11-5-4-8-20-11)16(2)15(19)14-12(17)6-3-7-13(14)18/h3-8,10,17-18H,9H2,1-2H3. The molecule has 2 N–H and O–H groups in total. The van der Waals surface area contributed by atoms with Gasteiger partial charge in [-0.15, -0.1) is 11.3 Å². The van der Waals surface area contributed by atoms with Crippen LogP contribution in [0.1, 0.15) is 22.2 Å². The van der Waals surface area contributed by atoms with Gasteiger partial charge < -0.3 is 15.1 Å². The van der Waals surface area contributed by atoms with E-state index in [1.165, 1.54) is 28.0 Å². The summed E-state index contributed by atoms with van der Waals surface area (Å²) in [5, 5.41) is 21.5. The second-order valence-corrected chi connectivity index (χ2v) is 5.75. The van der Waals surface area contributed by atoms with E-state index in [0.29, 0.717) is 0 Å². The number of hydrogen-bond donors (Lipinski definition) is 2. The van der Waals surface area contributed by atoms with Crippen LogP contribution in [0.25, 0.3) is 0 Å². The molecule has 0 saturated carbocycles. The summed E-state index contributed by atoms with van der Waals surface area (Å²) < 4.78 is 0. The van der Waals surface area contributed by atoms with Gasteiger partial charge in [0.05, 0.1) is 0 Å². The molecule has 1 aromatic carbocycles. The molecule has 0 aliphatic rings. The average molecular weight is 291 g/mol. The minimum absolute atomic E-state index is 0.0276. The van der Waals surface area contributed by atoms with E-state index in [-0.39, 0.29) is 29.0 Å². The summed E-state index contributed by atoms with van der Waals surface area (Å²) in [7, 11) is 1.67. The maximum Gasteiger partial charge on any atom is 0.261 e. The smallest absolute Gasteiger partial charge is 0.261 e. The Balaban J connectivity index is 2.16. The maximum atomic E-state index is 12.4. The minimum atomic E-state index is -0.385. The van der Waals surface area contributed by atoms with E-state index in [1.807, 2.05) is 24.4 Å². The van der Waals surface area contributed by atoms with Gasteiger partial charge in [0, 0.05) is 24.4 Å². The molecule has 0 fully saturated rings. The molecule has 2 rings (SSSR count). The third-order valence-corrected chi connectivity index (χ3v) is 4.19. The van der Waals surface area contributed by atoms with Crippen molar-refractivity contribution in [3.8, 4) is 11.5 Å². The molecule has 0 radical (unpaired) electrons. The maximum absolute atomic E-state index is 12.4. The van der Waals surface area contributed by atoms with Crippen LogP contribution in [0.4, 0.5) is 0 Å². The number of amides is 1. The minimum Gasteiger partial charge on any atom is -0.507 e. The summed E-state index contributed by atoms with van der Waals surface area (Å²) in [5.41, 5.74) is -0.0481. The fraction of sp³-hybridized carbons (Fsp3) is 0.267. The number of carbonyl (C=O) groups excluding carboxylic acids is 1. The lowest BCUT2D eigenvalue weighted by Crippen LogP contribution is -2.36. The molecule has 0 saturated heterocycles. The number of phenols is 2. The lowest BCUT2D eigenvalue weighted by atomic mass is 10.1. The molecular weight excluding hydrogens is 274 g/mol. The number of benzene rings is 1. The quantitative estimate of drug-likeness (QED) is 0.910. The molecule has 1 unspecified atom stereocenters. The predicted molar refractivity (Wildman–Crippen MR) is 79.4 cm³/mol. The summed E-state index contributed by atoms with van der Waals surface area (Å²) in [5.74, 6) is -0.792. The highest BCUT2D eigenvalue weighted by Gasteiger charge is 2.23. The van der Waals surface area contributed by atoms with Crippen molar-refractivity contribution >= 4 is 17.2 Å². The van der Waals surface area contributed by atoms with Crippen molar-refractivity contribution in [1.82, 2.24) is 4.90 Å². The van der Waals surface area contributed by atoms with Crippen LogP contribution in [0.2, 0.25) is 0 Å². The number of thiophene rings is 1. The van der Waals surface area contributed by atoms with Gasteiger partial charge in [0.2, 0.25) is 0 Å². The first-order valence-electron chi connectivity index (χ1n) is 6.31. The van der Waals surface area contributed by atoms with Gasteiger partial charge in [0.15, 0.2) is 0 Å². The summed E-state index contributed by atoms with van der Waals surface area (Å²) in [4.78, 5) is 15.1. The summed E-state index contributed by atoms with van der Waals surface area (Å²) >= 11 is 1.65. The largest absolute Gasteiger partial charge is 0.507 e. The number of hydrogen-bond acceptors (Lipinski definition) is 4. The normalized spacial score (nSPS) is 12.1. The Bertz CT molecular complexity index is 575. The van der Waals surface area contributed by atoms with E-state index < -0.39 is 0 Å². The van der Waals surface area contributed by atoms with Crippen LogP contribution in [0.3, 0.4) is 0 Å². The van der Waals surface area contributed by atoms with Gasteiger partial charge in [-0.1, -0.05) is 12.1 Å². The second-order valence-electron chi connectivity index (χ2n) is 4.72. The molecule has 5 heteroatoms. The van der Waals surface area contributed by atoms with E-state index >= 15 is 0 Å². The number of rotatable bonds is 4. The zero-order valence-electron chi connectivity index (χ0n) is 11.4. The number of carbonyl (C=O) groups is 1. The summed E-state index contributed by atoms with van der Waals surface area (Å²) in [6.45, 7) is 1.94. The number of aromatic hydroxyl groups is 2. The Morgan fingerprint density at radius 2 is 1.90 bits per heavy atom. The molecule has 20 heavy (non-hydrogen) atoms. The topological polar surface area (TPSA) is 60.8 Å². The third kappa shape index (κ3) is 2.93. The molecular formula is C15H17NO3S. The van der Waals surface area contributed by atoms with Crippen LogP contribution < -0.4 is 0 Å². The van der Waals surface area contributed by atoms with E-state index in [0.717, 1.165) is 6.42 Å². The van der Waals surface area contributed by atoms with Crippen LogP contribution in [-0.4, -0.2) is 34.1 Å². The molecule has 0 bridgehead atoms. The predicted octanol–water partition coefficient (Wildman–Crippen LogP) is 2.86. The van der Waals surface area contributed by atoms with Crippen molar-refractivity contribution in [3.05, 3.63) is 46.2 Å². The molecule has 1 atom stereocenters. The number of nitrogens with zero attached hydrogens (tertiary/aromatic N) is 1. The molecule has 2 aromatic rings. The van der Waals surface area contributed by atoms with Crippen molar-refractivity contribution in [2.24, 2.45) is 0 Å². The second kappa shape index (κ2) is 5.96. The molecule has 0 spiro atoms. The highest BCUT2D eigenvalue weighted by atomic mass is 32.1. The molecule has 0 aliphatic heterocycles. The molecule has 0 aliphatic carbocycles. The highest BCUT2D eigenvalue weighted by molar-refractivity contribution is 7.09. The van der Waals surface area contributed by atoms with Crippen molar-refractivity contribution in [3.63, 3.8) is 0 Å². The molecule has 1 heterocycles. The van der Waals surface area contributed by atoms with Gasteiger partial charge >= 0.3 is 0 Å². The fourth-order valence-corrected chi connectivity index (χ4v) is 2.81. The molecule has 1 amide bonds. The molecule has 4 nitrogen and oxygen atoms in total. The Hall–Kier alpha value is -2.01.